The largest absolute Gasteiger partial charge is 0.365 e. The van der Waals surface area contributed by atoms with Gasteiger partial charge in [-0.25, -0.2) is 9.97 Å². The van der Waals surface area contributed by atoms with Crippen LogP contribution in [0.4, 0.5) is 5.69 Å². The number of amides is 2. The Kier molecular flexibility index (Phi) is 5.20. The van der Waals surface area contributed by atoms with Gasteiger partial charge in [0.2, 0.25) is 5.91 Å². The summed E-state index contributed by atoms with van der Waals surface area (Å²) in [5.41, 5.74) is 6.63. The predicted octanol–water partition coefficient (Wildman–Crippen LogP) is 2.78. The Balaban J connectivity index is 1.79. The third kappa shape index (κ3) is 4.87. The zero-order valence-corrected chi connectivity index (χ0v) is 16.2. The minimum atomic E-state index is -0.479. The van der Waals surface area contributed by atoms with Gasteiger partial charge in [-0.15, -0.1) is 11.3 Å². The molecule has 0 aliphatic carbocycles. The normalized spacial score (nSPS) is 11.5. The highest BCUT2D eigenvalue weighted by molar-refractivity contribution is 7.20. The third-order valence-corrected chi connectivity index (χ3v) is 4.76. The molecule has 3 aromatic rings. The van der Waals surface area contributed by atoms with E-state index in [0.29, 0.717) is 21.2 Å². The molecular weight excluding hydrogens is 362 g/mol. The Morgan fingerprint density at radius 2 is 2.00 bits per heavy atom. The van der Waals surface area contributed by atoms with E-state index < -0.39 is 5.91 Å². The number of fused-ring (bicyclic) bond motifs is 1. The van der Waals surface area contributed by atoms with Gasteiger partial charge in [-0.05, 0) is 39.0 Å². The van der Waals surface area contributed by atoms with Gasteiger partial charge < -0.3 is 16.4 Å². The highest BCUT2D eigenvalue weighted by atomic mass is 32.1. The molecule has 0 aliphatic heterocycles. The number of rotatable bonds is 5. The highest BCUT2D eigenvalue weighted by Gasteiger charge is 2.13. The molecule has 1 aromatic carbocycles. The van der Waals surface area contributed by atoms with Crippen molar-refractivity contribution in [1.29, 1.82) is 0 Å². The molecule has 140 valence electrons. The lowest BCUT2D eigenvalue weighted by Gasteiger charge is -2.20. The van der Waals surface area contributed by atoms with Crippen LogP contribution >= 0.6 is 11.3 Å². The van der Waals surface area contributed by atoms with Gasteiger partial charge in [-0.3, -0.25) is 9.59 Å². The summed E-state index contributed by atoms with van der Waals surface area (Å²) in [7, 11) is 0. The molecular formula is C19H21N5O2S. The molecule has 0 bridgehead atoms. The minimum Gasteiger partial charge on any atom is -0.365 e. The molecule has 2 amide bonds. The first-order valence-corrected chi connectivity index (χ1v) is 9.25. The lowest BCUT2D eigenvalue weighted by Crippen LogP contribution is -2.41. The Bertz CT molecular complexity index is 1010. The number of anilines is 1. The van der Waals surface area contributed by atoms with Crippen molar-refractivity contribution in [2.45, 2.75) is 26.3 Å². The van der Waals surface area contributed by atoms with Crippen molar-refractivity contribution in [1.82, 2.24) is 15.3 Å². The van der Waals surface area contributed by atoms with E-state index in [1.54, 1.807) is 12.3 Å². The van der Waals surface area contributed by atoms with E-state index in [0.717, 1.165) is 10.9 Å². The Hall–Kier alpha value is -2.84. The molecule has 0 saturated carbocycles. The maximum atomic E-state index is 12.1. The molecule has 0 atom stereocenters. The van der Waals surface area contributed by atoms with Crippen LogP contribution in [0, 0.1) is 0 Å². The van der Waals surface area contributed by atoms with Crippen molar-refractivity contribution in [3.63, 3.8) is 0 Å². The number of carbonyl (C=O) groups excluding carboxylic acids is 2. The molecule has 2 heterocycles. The van der Waals surface area contributed by atoms with E-state index in [-0.39, 0.29) is 18.0 Å². The van der Waals surface area contributed by atoms with E-state index in [1.807, 2.05) is 45.0 Å². The van der Waals surface area contributed by atoms with Crippen LogP contribution in [0.1, 0.15) is 30.4 Å². The van der Waals surface area contributed by atoms with Crippen LogP contribution in [0.25, 0.3) is 21.6 Å². The zero-order valence-electron chi connectivity index (χ0n) is 15.4. The van der Waals surface area contributed by atoms with Crippen LogP contribution < -0.4 is 16.4 Å². The first kappa shape index (κ1) is 18.9. The lowest BCUT2D eigenvalue weighted by molar-refractivity contribution is -0.115. The van der Waals surface area contributed by atoms with Crippen molar-refractivity contribution in [3.8, 4) is 11.4 Å². The Labute approximate surface area is 161 Å². The topological polar surface area (TPSA) is 110 Å². The van der Waals surface area contributed by atoms with E-state index in [1.165, 1.54) is 11.3 Å². The molecule has 0 radical (unpaired) electrons. The van der Waals surface area contributed by atoms with E-state index in [9.17, 15) is 9.59 Å². The number of nitrogens with two attached hydrogens (primary N) is 1. The van der Waals surface area contributed by atoms with Crippen LogP contribution in [0.2, 0.25) is 0 Å². The summed E-state index contributed by atoms with van der Waals surface area (Å²) >= 11 is 1.23. The van der Waals surface area contributed by atoms with Gasteiger partial charge in [0, 0.05) is 28.4 Å². The number of hydrogen-bond acceptors (Lipinski definition) is 6. The molecule has 0 aliphatic rings. The monoisotopic (exact) mass is 383 g/mol. The third-order valence-electron chi connectivity index (χ3n) is 3.70. The highest BCUT2D eigenvalue weighted by Crippen LogP contribution is 2.26. The van der Waals surface area contributed by atoms with Crippen LogP contribution in [0.15, 0.2) is 36.5 Å². The maximum absolute atomic E-state index is 12.1. The van der Waals surface area contributed by atoms with Crippen LogP contribution in [-0.4, -0.2) is 33.9 Å². The van der Waals surface area contributed by atoms with Gasteiger partial charge in [0.15, 0.2) is 5.82 Å². The second-order valence-electron chi connectivity index (χ2n) is 7.16. The number of aromatic nitrogens is 2. The molecule has 2 aromatic heterocycles. The minimum absolute atomic E-state index is 0.122. The summed E-state index contributed by atoms with van der Waals surface area (Å²) in [6.45, 7) is 6.23. The summed E-state index contributed by atoms with van der Waals surface area (Å²) in [6, 6.07) is 9.02. The standard InChI is InChI=1S/C19H21N5O2S/c1-19(2,3)22-10-15(25)23-13-6-4-5-11(7-13)17-21-9-12-8-14(16(20)26)27-18(12)24-17/h4-9,22H,10H2,1-3H3,(H2,20,26)(H,23,25). The van der Waals surface area contributed by atoms with E-state index >= 15 is 0 Å². The molecule has 0 unspecified atom stereocenters. The smallest absolute Gasteiger partial charge is 0.258 e. The maximum Gasteiger partial charge on any atom is 0.258 e. The van der Waals surface area contributed by atoms with Crippen LogP contribution in [0.3, 0.4) is 0 Å². The van der Waals surface area contributed by atoms with Gasteiger partial charge in [0.1, 0.15) is 4.83 Å². The number of nitrogens with zero attached hydrogens (tertiary/aromatic N) is 2. The fourth-order valence-electron chi connectivity index (χ4n) is 2.38. The molecule has 8 heteroatoms. The first-order chi connectivity index (χ1) is 12.7. The zero-order chi connectivity index (χ0) is 19.6. The summed E-state index contributed by atoms with van der Waals surface area (Å²) < 4.78 is 0. The summed E-state index contributed by atoms with van der Waals surface area (Å²) in [5, 5.41) is 6.79. The van der Waals surface area contributed by atoms with Crippen molar-refractivity contribution in [3.05, 3.63) is 41.4 Å². The van der Waals surface area contributed by atoms with Crippen molar-refractivity contribution in [2.75, 3.05) is 11.9 Å². The van der Waals surface area contributed by atoms with Gasteiger partial charge in [0.25, 0.3) is 5.91 Å². The molecule has 27 heavy (non-hydrogen) atoms. The van der Waals surface area contributed by atoms with Gasteiger partial charge in [-0.2, -0.15) is 0 Å². The van der Waals surface area contributed by atoms with Crippen molar-refractivity contribution >= 4 is 39.1 Å². The number of carbonyl (C=O) groups is 2. The number of thiophene rings is 1. The number of primary amides is 1. The average Bonchev–Trinajstić information content (AvgIpc) is 3.03. The first-order valence-electron chi connectivity index (χ1n) is 8.43. The van der Waals surface area contributed by atoms with Crippen molar-refractivity contribution in [2.24, 2.45) is 5.73 Å². The molecule has 0 spiro atoms. The van der Waals surface area contributed by atoms with Crippen LogP contribution in [-0.2, 0) is 4.79 Å². The quantitative estimate of drug-likeness (QED) is 0.627. The van der Waals surface area contributed by atoms with Crippen LogP contribution in [0.5, 0.6) is 0 Å². The van der Waals surface area contributed by atoms with Gasteiger partial charge in [0.05, 0.1) is 11.4 Å². The molecule has 3 rings (SSSR count). The Morgan fingerprint density at radius 3 is 2.70 bits per heavy atom. The molecule has 4 N–H and O–H groups in total. The van der Waals surface area contributed by atoms with E-state index in [2.05, 4.69) is 20.6 Å². The summed E-state index contributed by atoms with van der Waals surface area (Å²) in [5.74, 6) is -0.0831. The number of nitrogens with one attached hydrogen (secondary N) is 2. The molecule has 0 fully saturated rings. The predicted molar refractivity (Wildman–Crippen MR) is 108 cm³/mol. The second kappa shape index (κ2) is 7.42. The summed E-state index contributed by atoms with van der Waals surface area (Å²) in [6.07, 6.45) is 1.67. The Morgan fingerprint density at radius 1 is 1.22 bits per heavy atom. The van der Waals surface area contributed by atoms with Gasteiger partial charge in [-0.1, -0.05) is 12.1 Å². The number of benzene rings is 1. The van der Waals surface area contributed by atoms with Gasteiger partial charge >= 0.3 is 0 Å². The number of hydrogen-bond donors (Lipinski definition) is 3. The van der Waals surface area contributed by atoms with E-state index in [4.69, 9.17) is 5.73 Å². The summed E-state index contributed by atoms with van der Waals surface area (Å²) in [4.78, 5) is 33.4. The molecule has 7 nitrogen and oxygen atoms in total. The molecule has 0 saturated heterocycles. The lowest BCUT2D eigenvalue weighted by atomic mass is 10.1. The van der Waals surface area contributed by atoms with Crippen molar-refractivity contribution < 1.29 is 9.59 Å². The fraction of sp³-hybridized carbons (Fsp3) is 0.263. The second-order valence-corrected chi connectivity index (χ2v) is 8.19. The SMILES string of the molecule is CC(C)(C)NCC(=O)Nc1cccc(-c2ncc3cc(C(N)=O)sc3n2)c1. The average molecular weight is 383 g/mol. The fourth-order valence-corrected chi connectivity index (χ4v) is 3.23.